The highest BCUT2D eigenvalue weighted by Crippen LogP contribution is 2.42. The highest BCUT2D eigenvalue weighted by Gasteiger charge is 2.21. The zero-order chi connectivity index (χ0) is 27.6. The summed E-state index contributed by atoms with van der Waals surface area (Å²) in [5.41, 5.74) is 9.29. The van der Waals surface area contributed by atoms with Gasteiger partial charge in [0, 0.05) is 56.4 Å². The van der Waals surface area contributed by atoms with Crippen LogP contribution in [0.5, 0.6) is 0 Å². The van der Waals surface area contributed by atoms with E-state index < -0.39 is 0 Å². The molecule has 196 valence electrons. The molecule has 3 aromatic heterocycles. The Bertz CT molecular complexity index is 2460. The number of hydrogen-bond donors (Lipinski definition) is 0. The molecule has 0 atom stereocenters. The third-order valence-electron chi connectivity index (χ3n) is 8.57. The summed E-state index contributed by atoms with van der Waals surface area (Å²) < 4.78 is 4.82. The highest BCUT2D eigenvalue weighted by atomic mass is 15.0. The standard InChI is InChI=1S/C39H25N3/c1-2-13-28(14-3-1)41-37-20-9-7-16-31(37)34-24-40-25-35(39(34)41)33-18-10-17-32-30-15-6-8-19-36(30)42(38(32)33)29-22-21-26-11-4-5-12-27(26)23-29/h1-25H. The second-order valence-electron chi connectivity index (χ2n) is 10.9. The highest BCUT2D eigenvalue weighted by molar-refractivity contribution is 6.18. The Morgan fingerprint density at radius 1 is 0.381 bits per heavy atom. The number of aromatic nitrogens is 3. The van der Waals surface area contributed by atoms with E-state index in [4.69, 9.17) is 4.98 Å². The van der Waals surface area contributed by atoms with Crippen LogP contribution in [0.25, 0.3) is 76.9 Å². The summed E-state index contributed by atoms with van der Waals surface area (Å²) in [5.74, 6) is 0. The normalized spacial score (nSPS) is 11.8. The van der Waals surface area contributed by atoms with Crippen molar-refractivity contribution in [1.29, 1.82) is 0 Å². The molecule has 0 amide bonds. The Kier molecular flexibility index (Phi) is 4.90. The van der Waals surface area contributed by atoms with E-state index in [-0.39, 0.29) is 0 Å². The van der Waals surface area contributed by atoms with E-state index in [1.165, 1.54) is 49.0 Å². The Morgan fingerprint density at radius 2 is 1.00 bits per heavy atom. The van der Waals surface area contributed by atoms with Crippen LogP contribution < -0.4 is 0 Å². The van der Waals surface area contributed by atoms with Crippen molar-refractivity contribution in [2.75, 3.05) is 0 Å². The van der Waals surface area contributed by atoms with E-state index in [0.717, 1.165) is 27.9 Å². The first kappa shape index (κ1) is 23.1. The quantitative estimate of drug-likeness (QED) is 0.221. The van der Waals surface area contributed by atoms with Crippen LogP contribution in [0, 0.1) is 0 Å². The molecule has 3 heterocycles. The van der Waals surface area contributed by atoms with Crippen LogP contribution in [-0.2, 0) is 0 Å². The van der Waals surface area contributed by atoms with Crippen LogP contribution in [0.4, 0.5) is 0 Å². The molecule has 0 unspecified atom stereocenters. The predicted octanol–water partition coefficient (Wildman–Crippen LogP) is 10.1. The average Bonchev–Trinajstić information content (AvgIpc) is 3.58. The maximum Gasteiger partial charge on any atom is 0.0651 e. The SMILES string of the molecule is c1ccc(-n2c3ccccc3c3cncc(-c4cccc5c6ccccc6n(-c6ccc7ccccc7c6)c45)c32)cc1. The van der Waals surface area contributed by atoms with Crippen molar-refractivity contribution in [2.45, 2.75) is 0 Å². The van der Waals surface area contributed by atoms with Crippen LogP contribution in [0.3, 0.4) is 0 Å². The average molecular weight is 536 g/mol. The molecule has 0 saturated heterocycles. The molecule has 0 bridgehead atoms. The van der Waals surface area contributed by atoms with Gasteiger partial charge in [0.1, 0.15) is 0 Å². The second kappa shape index (κ2) is 8.92. The van der Waals surface area contributed by atoms with Crippen molar-refractivity contribution in [3.63, 3.8) is 0 Å². The van der Waals surface area contributed by atoms with Gasteiger partial charge in [-0.1, -0.05) is 103 Å². The molecule has 9 rings (SSSR count). The molecular weight excluding hydrogens is 510 g/mol. The third kappa shape index (κ3) is 3.25. The van der Waals surface area contributed by atoms with Crippen molar-refractivity contribution in [1.82, 2.24) is 14.1 Å². The number of rotatable bonds is 3. The first-order valence-corrected chi connectivity index (χ1v) is 14.3. The summed E-state index contributed by atoms with van der Waals surface area (Å²) in [6.45, 7) is 0. The van der Waals surface area contributed by atoms with Gasteiger partial charge in [-0.25, -0.2) is 0 Å². The van der Waals surface area contributed by atoms with Crippen LogP contribution in [0.15, 0.2) is 152 Å². The van der Waals surface area contributed by atoms with Gasteiger partial charge in [0.25, 0.3) is 0 Å². The molecule has 0 aliphatic heterocycles. The summed E-state index contributed by atoms with van der Waals surface area (Å²) in [7, 11) is 0. The minimum absolute atomic E-state index is 1.11. The van der Waals surface area contributed by atoms with Gasteiger partial charge in [-0.2, -0.15) is 0 Å². The van der Waals surface area contributed by atoms with Gasteiger partial charge in [0.2, 0.25) is 0 Å². The molecule has 6 aromatic carbocycles. The van der Waals surface area contributed by atoms with E-state index in [1.807, 2.05) is 12.4 Å². The maximum atomic E-state index is 4.83. The van der Waals surface area contributed by atoms with Gasteiger partial charge in [-0.3, -0.25) is 4.98 Å². The summed E-state index contributed by atoms with van der Waals surface area (Å²) in [6, 6.07) is 50.0. The molecule has 0 saturated carbocycles. The summed E-state index contributed by atoms with van der Waals surface area (Å²) in [5, 5.41) is 7.29. The van der Waals surface area contributed by atoms with Crippen molar-refractivity contribution in [2.24, 2.45) is 0 Å². The van der Waals surface area contributed by atoms with E-state index in [0.29, 0.717) is 0 Å². The topological polar surface area (TPSA) is 22.8 Å². The molecule has 0 aliphatic carbocycles. The molecule has 0 fully saturated rings. The molecular formula is C39H25N3. The molecule has 0 N–H and O–H groups in total. The number of nitrogens with zero attached hydrogens (tertiary/aromatic N) is 3. The lowest BCUT2D eigenvalue weighted by Gasteiger charge is -2.15. The number of hydrogen-bond acceptors (Lipinski definition) is 1. The van der Waals surface area contributed by atoms with E-state index in [9.17, 15) is 0 Å². The minimum Gasteiger partial charge on any atom is -0.309 e. The lowest BCUT2D eigenvalue weighted by molar-refractivity contribution is 1.17. The van der Waals surface area contributed by atoms with Gasteiger partial charge in [0.05, 0.1) is 22.1 Å². The molecule has 9 aromatic rings. The third-order valence-corrected chi connectivity index (χ3v) is 8.57. The minimum atomic E-state index is 1.11. The van der Waals surface area contributed by atoms with Crippen molar-refractivity contribution < 1.29 is 0 Å². The lowest BCUT2D eigenvalue weighted by atomic mass is 10.0. The van der Waals surface area contributed by atoms with Gasteiger partial charge in [-0.15, -0.1) is 0 Å². The smallest absolute Gasteiger partial charge is 0.0651 e. The molecule has 0 spiro atoms. The van der Waals surface area contributed by atoms with Crippen molar-refractivity contribution >= 4 is 54.4 Å². The Labute approximate surface area is 242 Å². The van der Waals surface area contributed by atoms with Crippen LogP contribution >= 0.6 is 0 Å². The molecule has 0 radical (unpaired) electrons. The molecule has 42 heavy (non-hydrogen) atoms. The second-order valence-corrected chi connectivity index (χ2v) is 10.9. The maximum absolute atomic E-state index is 4.83. The Balaban J connectivity index is 1.45. The van der Waals surface area contributed by atoms with Gasteiger partial charge in [0.15, 0.2) is 0 Å². The van der Waals surface area contributed by atoms with E-state index in [2.05, 4.69) is 149 Å². The number of fused-ring (bicyclic) bond motifs is 7. The van der Waals surface area contributed by atoms with Gasteiger partial charge >= 0.3 is 0 Å². The summed E-state index contributed by atoms with van der Waals surface area (Å²) in [6.07, 6.45) is 4.05. The molecule has 3 nitrogen and oxygen atoms in total. The Hall–Kier alpha value is -5.67. The van der Waals surface area contributed by atoms with E-state index >= 15 is 0 Å². The monoisotopic (exact) mass is 535 g/mol. The number of para-hydroxylation sites is 4. The zero-order valence-corrected chi connectivity index (χ0v) is 22.8. The van der Waals surface area contributed by atoms with Gasteiger partial charge in [-0.05, 0) is 47.2 Å². The van der Waals surface area contributed by atoms with Crippen LogP contribution in [0.2, 0.25) is 0 Å². The fourth-order valence-corrected chi connectivity index (χ4v) is 6.77. The number of benzene rings is 6. The van der Waals surface area contributed by atoms with Crippen molar-refractivity contribution in [3.8, 4) is 22.5 Å². The van der Waals surface area contributed by atoms with E-state index in [1.54, 1.807) is 0 Å². The zero-order valence-electron chi connectivity index (χ0n) is 22.8. The molecule has 3 heteroatoms. The van der Waals surface area contributed by atoms with Crippen LogP contribution in [0.1, 0.15) is 0 Å². The first-order chi connectivity index (χ1) is 20.9. The van der Waals surface area contributed by atoms with Crippen LogP contribution in [-0.4, -0.2) is 14.1 Å². The summed E-state index contributed by atoms with van der Waals surface area (Å²) >= 11 is 0. The van der Waals surface area contributed by atoms with Crippen molar-refractivity contribution in [3.05, 3.63) is 152 Å². The fourth-order valence-electron chi connectivity index (χ4n) is 6.77. The van der Waals surface area contributed by atoms with Gasteiger partial charge < -0.3 is 9.13 Å². The lowest BCUT2D eigenvalue weighted by Crippen LogP contribution is -1.98. The molecule has 0 aliphatic rings. The largest absolute Gasteiger partial charge is 0.309 e. The predicted molar refractivity (Wildman–Crippen MR) is 176 cm³/mol. The Morgan fingerprint density at radius 3 is 1.81 bits per heavy atom. The summed E-state index contributed by atoms with van der Waals surface area (Å²) in [4.78, 5) is 4.83. The fraction of sp³-hybridized carbons (Fsp3) is 0. The number of pyridine rings is 1. The first-order valence-electron chi connectivity index (χ1n) is 14.3.